The van der Waals surface area contributed by atoms with Gasteiger partial charge < -0.3 is 49.2 Å². The number of carbonyl (C=O) groups excluding carboxylic acids is 2. The van der Waals surface area contributed by atoms with E-state index in [9.17, 15) is 36.0 Å². The van der Waals surface area contributed by atoms with E-state index in [0.717, 1.165) is 22.8 Å². The maximum Gasteiger partial charge on any atom is 0.374 e. The van der Waals surface area contributed by atoms with Gasteiger partial charge in [0.15, 0.2) is 36.0 Å². The lowest BCUT2D eigenvalue weighted by Gasteiger charge is -2.31. The fourth-order valence-corrected chi connectivity index (χ4v) is 10.6. The van der Waals surface area contributed by atoms with Gasteiger partial charge in [0, 0.05) is 85.2 Å². The lowest BCUT2D eigenvalue weighted by molar-refractivity contribution is -0.139. The first-order valence-corrected chi connectivity index (χ1v) is 27.7. The number of nitrogens with two attached hydrogens (primary N) is 2. The van der Waals surface area contributed by atoms with E-state index < -0.39 is 57.5 Å². The molecule has 1 amide bonds. The number of aromatic carboxylic acids is 1. The molecular weight excluding hydrogens is 1020 g/mol. The molecule has 0 saturated carbocycles. The molecule has 75 heavy (non-hydrogen) atoms. The molecule has 4 aromatic heterocycles. The first-order chi connectivity index (χ1) is 34.1. The number of sulfone groups is 2. The summed E-state index contributed by atoms with van der Waals surface area (Å²) in [7, 11) is -7.20. The average molecular weight is 1100 g/mol. The van der Waals surface area contributed by atoms with Crippen LogP contribution in [0.1, 0.15) is 198 Å². The second kappa shape index (κ2) is 26.2. The number of rotatable bonds is 12. The number of nitrogens with zero attached hydrogens (tertiary/aromatic N) is 4. The maximum absolute atomic E-state index is 12.9. The first kappa shape index (κ1) is 65.8. The van der Waals surface area contributed by atoms with Crippen LogP contribution in [0, 0.1) is 0 Å². The summed E-state index contributed by atoms with van der Waals surface area (Å²) in [5.41, 5.74) is 13.2. The molecule has 6 N–H and O–H groups in total. The molecule has 0 bridgehead atoms. The number of aromatic nitrogens is 4. The van der Waals surface area contributed by atoms with Crippen LogP contribution in [0.5, 0.6) is 0 Å². The summed E-state index contributed by atoms with van der Waals surface area (Å²) in [4.78, 5) is 44.6. The number of carboxylic acid groups (broad SMARTS) is 2. The van der Waals surface area contributed by atoms with Crippen LogP contribution in [0.3, 0.4) is 0 Å². The lowest BCUT2D eigenvalue weighted by Crippen LogP contribution is -2.47. The maximum atomic E-state index is 12.9. The Labute approximate surface area is 441 Å². The normalized spacial score (nSPS) is 15.4. The second-order valence-electron chi connectivity index (χ2n) is 23.3. The first-order valence-electron chi connectivity index (χ1n) is 24.6. The van der Waals surface area contributed by atoms with Crippen molar-refractivity contribution >= 4 is 43.3 Å². The van der Waals surface area contributed by atoms with Crippen LogP contribution >= 0.6 is 0 Å². The van der Waals surface area contributed by atoms with Gasteiger partial charge in [-0.05, 0) is 53.4 Å². The summed E-state index contributed by atoms with van der Waals surface area (Å²) in [6.45, 7) is 31.7. The van der Waals surface area contributed by atoms with Crippen LogP contribution in [-0.4, -0.2) is 118 Å². The summed E-state index contributed by atoms with van der Waals surface area (Å²) in [6.07, 6.45) is 2.16. The predicted octanol–water partition coefficient (Wildman–Crippen LogP) is 7.46. The van der Waals surface area contributed by atoms with Crippen molar-refractivity contribution in [2.75, 3.05) is 26.4 Å². The number of ether oxygens (including phenoxy) is 2. The minimum absolute atomic E-state index is 0.0525. The van der Waals surface area contributed by atoms with E-state index in [2.05, 4.69) is 45.9 Å². The second-order valence-corrected chi connectivity index (χ2v) is 28.9. The number of ketones is 1. The van der Waals surface area contributed by atoms with Gasteiger partial charge in [-0.1, -0.05) is 104 Å². The summed E-state index contributed by atoms with van der Waals surface area (Å²) in [5.74, 6) is -1.90. The van der Waals surface area contributed by atoms with Crippen LogP contribution in [0.4, 0.5) is 0 Å². The Morgan fingerprint density at radius 2 is 0.867 bits per heavy atom. The molecule has 0 atom stereocenters. The van der Waals surface area contributed by atoms with E-state index in [0.29, 0.717) is 76.5 Å². The number of hydrogen-bond acceptors (Lipinski definition) is 19. The number of carbonyl (C=O) groups is 4. The molecule has 2 saturated heterocycles. The van der Waals surface area contributed by atoms with Crippen molar-refractivity contribution in [3.8, 4) is 0 Å². The number of hydrogen-bond donors (Lipinski definition) is 4. The van der Waals surface area contributed by atoms with Crippen LogP contribution in [0.25, 0.3) is 0 Å². The van der Waals surface area contributed by atoms with Gasteiger partial charge in [-0.25, -0.2) is 21.6 Å². The Morgan fingerprint density at radius 1 is 0.533 bits per heavy atom. The van der Waals surface area contributed by atoms with Crippen molar-refractivity contribution < 1.29 is 73.8 Å². The minimum Gasteiger partial charge on any atom is -0.480 e. The van der Waals surface area contributed by atoms with Gasteiger partial charge >= 0.3 is 11.9 Å². The van der Waals surface area contributed by atoms with Gasteiger partial charge in [0.2, 0.25) is 11.5 Å². The highest BCUT2D eigenvalue weighted by Crippen LogP contribution is 2.31. The summed E-state index contributed by atoms with van der Waals surface area (Å²) < 4.78 is 76.6. The topological polar surface area (TPSA) is 352 Å². The number of primary amides is 1. The number of amides is 1. The van der Waals surface area contributed by atoms with Crippen molar-refractivity contribution in [1.29, 1.82) is 0 Å². The molecule has 4 aromatic rings. The molecule has 24 heteroatoms. The van der Waals surface area contributed by atoms with Crippen molar-refractivity contribution in [1.82, 2.24) is 20.6 Å². The molecule has 2 aliphatic heterocycles. The van der Waals surface area contributed by atoms with E-state index in [4.69, 9.17) is 44.7 Å². The monoisotopic (exact) mass is 1100 g/mol. The van der Waals surface area contributed by atoms with Crippen LogP contribution in [-0.2, 0) is 73.4 Å². The highest BCUT2D eigenvalue weighted by molar-refractivity contribution is 7.94. The van der Waals surface area contributed by atoms with Gasteiger partial charge in [-0.2, -0.15) is 0 Å². The zero-order valence-corrected chi connectivity index (χ0v) is 48.2. The average Bonchev–Trinajstić information content (AvgIpc) is 4.16. The Morgan fingerprint density at radius 3 is 1.16 bits per heavy atom. The fourth-order valence-electron chi connectivity index (χ4n) is 6.65. The Kier molecular flexibility index (Phi) is 23.0. The molecule has 0 spiro atoms. The Bertz CT molecular complexity index is 2650. The van der Waals surface area contributed by atoms with Crippen LogP contribution in [0.2, 0.25) is 0 Å². The third-order valence-electron chi connectivity index (χ3n) is 12.3. The molecule has 0 radical (unpaired) electrons. The Hall–Kier alpha value is -5.30. The number of carboxylic acids is 2. The lowest BCUT2D eigenvalue weighted by atomic mass is 9.92. The van der Waals surface area contributed by atoms with Gasteiger partial charge in [0.25, 0.3) is 5.91 Å². The molecule has 2 fully saturated rings. The third kappa shape index (κ3) is 18.7. The zero-order valence-electron chi connectivity index (χ0n) is 46.6. The largest absolute Gasteiger partial charge is 0.480 e. The van der Waals surface area contributed by atoms with Crippen molar-refractivity contribution in [2.24, 2.45) is 11.5 Å². The van der Waals surface area contributed by atoms with E-state index >= 15 is 0 Å². The van der Waals surface area contributed by atoms with Crippen molar-refractivity contribution in [3.05, 3.63) is 70.1 Å². The SMILES string of the molecule is CC(C)(C(=O)O)S(=O)(=O)C1CCOCC1.CC(C)(C)c1cc(C(=O)O)on1.CC(C)(C)c1cc(C(N)=O)on1.CC(C)(C)c1cc(CCC(=O)C(C)(C)S(=O)(=O)C2CCOCC2)on1.CC(C)(C)c1cc(CN)on1. The van der Waals surface area contributed by atoms with Gasteiger partial charge in [-0.3, -0.25) is 14.4 Å². The number of aliphatic carboxylic acids is 1. The van der Waals surface area contributed by atoms with E-state index in [-0.39, 0.29) is 45.4 Å². The number of Topliss-reactive ketones (excluding diaryl/α,β-unsaturated/α-hetero) is 1. The van der Waals surface area contributed by atoms with E-state index in [1.165, 1.54) is 33.8 Å². The predicted molar refractivity (Wildman–Crippen MR) is 279 cm³/mol. The molecule has 0 unspecified atom stereocenters. The summed E-state index contributed by atoms with van der Waals surface area (Å²) in [6, 6.07) is 6.76. The standard InChI is InChI=1S/C18H29NO5S.C9H16O5S.C8H12N2O2.C8H14N2O.C8H11NO3/c1-17(2,3)15-12-13(24-19-15)6-7-16(20)18(4,5)25(21,22)14-8-10-23-11-9-14;1-9(2,8(10)11)15(12,13)7-3-5-14-6-4-7;1-8(2,3)6-4-5(7(9)11)12-10-6;1-8(2,3)7-4-6(5-9)11-10-7;1-8(2,3)6-4-5(7(10)11)12-9-6/h12,14H,6-11H2,1-5H3;7H,3-6H2,1-2H3,(H,10,11);4H,1-3H3,(H2,9,11);4H,5,9H2,1-3H3;4H,1-3H3,(H,10,11). The van der Waals surface area contributed by atoms with Crippen LogP contribution in [0.15, 0.2) is 42.4 Å². The van der Waals surface area contributed by atoms with E-state index in [1.807, 2.05) is 74.4 Å². The molecular formula is C51H82N6O16S2. The molecule has 0 aliphatic carbocycles. The smallest absolute Gasteiger partial charge is 0.374 e. The molecule has 0 aromatic carbocycles. The molecule has 6 rings (SSSR count). The van der Waals surface area contributed by atoms with Crippen molar-refractivity contribution in [3.63, 3.8) is 0 Å². The molecule has 2 aliphatic rings. The summed E-state index contributed by atoms with van der Waals surface area (Å²) in [5, 5.41) is 31.7. The number of aryl methyl sites for hydroxylation is 1. The third-order valence-corrected chi connectivity index (χ3v) is 18.2. The van der Waals surface area contributed by atoms with Gasteiger partial charge in [0.1, 0.15) is 10.5 Å². The Balaban J connectivity index is 0.000000335. The minimum atomic E-state index is -3.64. The zero-order chi connectivity index (χ0) is 57.8. The van der Waals surface area contributed by atoms with Crippen molar-refractivity contribution in [2.45, 2.75) is 198 Å². The van der Waals surface area contributed by atoms with Gasteiger partial charge in [0.05, 0.1) is 39.8 Å². The molecule has 424 valence electrons. The quantitative estimate of drug-likeness (QED) is 0.107. The van der Waals surface area contributed by atoms with Gasteiger partial charge in [-0.15, -0.1) is 0 Å². The highest BCUT2D eigenvalue weighted by Gasteiger charge is 2.47. The highest BCUT2D eigenvalue weighted by atomic mass is 32.2. The van der Waals surface area contributed by atoms with E-state index in [1.54, 1.807) is 6.07 Å². The molecule has 6 heterocycles. The summed E-state index contributed by atoms with van der Waals surface area (Å²) >= 11 is 0. The fraction of sp³-hybridized carbons (Fsp3) is 0.686. The van der Waals surface area contributed by atoms with Crippen LogP contribution < -0.4 is 11.5 Å². The molecule has 22 nitrogen and oxygen atoms in total.